The topological polar surface area (TPSA) is 228 Å². The van der Waals surface area contributed by atoms with Crippen molar-refractivity contribution in [2.45, 2.75) is 34.3 Å². The molecule has 0 spiro atoms. The minimum atomic E-state index is -0.396. The fourth-order valence-electron chi connectivity index (χ4n) is 14.3. The third-order valence-corrected chi connectivity index (χ3v) is 21.1. The number of halogens is 6. The number of benzene rings is 12. The molecule has 0 aliphatic heterocycles. The third kappa shape index (κ3) is 21.9. The molecule has 19 nitrogen and oxygen atoms in total. The Morgan fingerprint density at radius 3 is 1.00 bits per heavy atom. The number of fused-ring (bicyclic) bond motifs is 6. The zero-order valence-corrected chi connectivity index (χ0v) is 71.2. The van der Waals surface area contributed by atoms with Gasteiger partial charge in [0.25, 0.3) is 0 Å². The van der Waals surface area contributed by atoms with E-state index in [1.807, 2.05) is 239 Å². The molecule has 0 saturated carbocycles. The number of carbonyl (C=O) groups is 3. The maximum Gasteiger partial charge on any atom is 0.323 e. The number of hydrogen-bond donors (Lipinski definition) is 10. The standard InChI is InChI=1S/C32H31Cl2N5O2.C32H31Cl2N5O.C31H29Cl2N5O/c1-21-5-4-7-28-30(21)38-29-8-3-2-6-27(29)31(28)35-24-17-22(20-40)18-25(19-24)37-32(41)36-23-9-11-26(12-10-23)39(15-13-33)16-14-34;1-21-10-11-24(35-31-26-7-3-4-9-28(26)37-30-22(2)6-5-8-27(30)31)20-29(21)38-32(40)36-23-12-14-25(15-13-23)39(18-16-33)19-17-34;1-21-18-23(34-30-26-6-2-4-8-28(26)37-29-9-5-3-7-27(29)30)20-24(19-21)36-31(39)35-22-10-12-25(13-11-22)38(16-14-32)17-15-33/h2-12,17-19,40H,13-16,20H2,1H3,(H,35,38)(H2,36,37,41);3-15,20H,16-19H2,1-2H3,(H,35,37)(H2,36,38,40);2-13,18-20H,14-17H2,1H3,(H,34,37)(H2,35,36,39). The van der Waals surface area contributed by atoms with Crippen molar-refractivity contribution >= 4 is 238 Å². The second kappa shape index (κ2) is 41.6. The number of nitrogens with one attached hydrogen (secondary N) is 9. The molecule has 0 aliphatic rings. The highest BCUT2D eigenvalue weighted by molar-refractivity contribution is 6.20. The van der Waals surface area contributed by atoms with Gasteiger partial charge in [0.2, 0.25) is 0 Å². The van der Waals surface area contributed by atoms with Crippen LogP contribution in [0.25, 0.3) is 65.4 Å². The maximum absolute atomic E-state index is 12.9. The van der Waals surface area contributed by atoms with Gasteiger partial charge < -0.3 is 67.7 Å². The molecule has 0 saturated heterocycles. The first-order valence-corrected chi connectivity index (χ1v) is 42.5. The third-order valence-electron chi connectivity index (χ3n) is 20.1. The van der Waals surface area contributed by atoms with E-state index >= 15 is 0 Å². The highest BCUT2D eigenvalue weighted by atomic mass is 35.5. The van der Waals surface area contributed by atoms with Crippen LogP contribution >= 0.6 is 69.6 Å². The van der Waals surface area contributed by atoms with E-state index in [0.29, 0.717) is 114 Å². The molecule has 15 rings (SSSR count). The molecular formula is C95H91Cl6N15O4. The molecule has 120 heavy (non-hydrogen) atoms. The number of urea groups is 3. The van der Waals surface area contributed by atoms with E-state index in [2.05, 4.69) is 106 Å². The van der Waals surface area contributed by atoms with Gasteiger partial charge >= 0.3 is 18.1 Å². The van der Waals surface area contributed by atoms with E-state index in [-0.39, 0.29) is 18.7 Å². The molecule has 0 atom stereocenters. The molecule has 0 aliphatic carbocycles. The molecule has 10 N–H and O–H groups in total. The van der Waals surface area contributed by atoms with Crippen molar-refractivity contribution in [3.63, 3.8) is 0 Å². The number of aryl methyl sites for hydroxylation is 4. The number of anilines is 15. The maximum atomic E-state index is 12.9. The lowest BCUT2D eigenvalue weighted by Gasteiger charge is -2.23. The number of amides is 6. The van der Waals surface area contributed by atoms with Gasteiger partial charge in [-0.2, -0.15) is 0 Å². The number of aliphatic hydroxyl groups is 1. The molecule has 0 radical (unpaired) electrons. The van der Waals surface area contributed by atoms with E-state index in [0.717, 1.165) is 139 Å². The van der Waals surface area contributed by atoms with Crippen LogP contribution in [-0.2, 0) is 6.61 Å². The SMILES string of the molecule is Cc1cc(NC(=O)Nc2ccc(N(CCCl)CCCl)cc2)cc(Nc2c3ccccc3nc3ccccc23)c1.Cc1ccc(Nc2c3ccccc3nc3c(C)cccc23)cc1NC(=O)Nc1ccc(N(CCCl)CCCl)cc1.Cc1cccc2c(Nc3cc(CO)cc(NC(=O)Nc4ccc(N(CCCl)CCCl)cc4)c3)c3ccccc3nc12. The van der Waals surface area contributed by atoms with Crippen LogP contribution in [0.3, 0.4) is 0 Å². The molecule has 0 fully saturated rings. The number of para-hydroxylation sites is 6. The number of aliphatic hydroxyl groups excluding tert-OH is 1. The van der Waals surface area contributed by atoms with Crippen molar-refractivity contribution in [3.8, 4) is 0 Å². The minimum absolute atomic E-state index is 0.175. The van der Waals surface area contributed by atoms with Crippen LogP contribution in [0, 0.1) is 27.7 Å². The van der Waals surface area contributed by atoms with E-state index in [1.165, 1.54) is 0 Å². The van der Waals surface area contributed by atoms with Crippen LogP contribution in [0.1, 0.15) is 27.8 Å². The number of rotatable bonds is 28. The summed E-state index contributed by atoms with van der Waals surface area (Å²) < 4.78 is 0. The van der Waals surface area contributed by atoms with Gasteiger partial charge in [-0.15, -0.1) is 69.6 Å². The summed E-state index contributed by atoms with van der Waals surface area (Å²) in [6, 6.07) is 83.7. The number of carbonyl (C=O) groups excluding carboxylic acids is 3. The van der Waals surface area contributed by atoms with Crippen molar-refractivity contribution in [1.82, 2.24) is 15.0 Å². The average molecular weight is 1720 g/mol. The summed E-state index contributed by atoms with van der Waals surface area (Å²) in [5.74, 6) is 3.05. The monoisotopic (exact) mass is 1720 g/mol. The summed E-state index contributed by atoms with van der Waals surface area (Å²) in [5.41, 5.74) is 22.7. The first kappa shape index (κ1) is 85.8. The second-order valence-electron chi connectivity index (χ2n) is 28.5. The van der Waals surface area contributed by atoms with Gasteiger partial charge in [-0.3, -0.25) is 0 Å². The molecule has 25 heteroatoms. The number of alkyl halides is 6. The largest absolute Gasteiger partial charge is 0.392 e. The van der Waals surface area contributed by atoms with Gasteiger partial charge in [0.15, 0.2) is 0 Å². The van der Waals surface area contributed by atoms with Crippen LogP contribution < -0.4 is 62.6 Å². The molecule has 12 aromatic carbocycles. The Hall–Kier alpha value is -12.0. The Labute approximate surface area is 727 Å². The average Bonchev–Trinajstić information content (AvgIpc) is 0.760. The summed E-state index contributed by atoms with van der Waals surface area (Å²) in [5, 5.41) is 44.4. The van der Waals surface area contributed by atoms with Crippen molar-refractivity contribution < 1.29 is 19.5 Å². The van der Waals surface area contributed by atoms with Crippen LogP contribution in [0.5, 0.6) is 0 Å². The van der Waals surface area contributed by atoms with Crippen molar-refractivity contribution in [2.75, 3.05) is 137 Å². The molecule has 6 amide bonds. The zero-order chi connectivity index (χ0) is 84.0. The number of hydrogen-bond acceptors (Lipinski definition) is 13. The molecule has 15 aromatic rings. The highest BCUT2D eigenvalue weighted by Gasteiger charge is 2.19. The lowest BCUT2D eigenvalue weighted by Crippen LogP contribution is -2.27. The Morgan fingerprint density at radius 2 is 0.608 bits per heavy atom. The summed E-state index contributed by atoms with van der Waals surface area (Å²) in [4.78, 5) is 59.6. The number of pyridine rings is 3. The fraction of sp³-hybridized carbons (Fsp3) is 0.179. The van der Waals surface area contributed by atoms with Gasteiger partial charge in [0.05, 0.1) is 56.8 Å². The first-order chi connectivity index (χ1) is 58.5. The summed E-state index contributed by atoms with van der Waals surface area (Å²) in [6.45, 7) is 12.1. The van der Waals surface area contributed by atoms with E-state index in [9.17, 15) is 19.5 Å². The molecule has 0 bridgehead atoms. The summed E-state index contributed by atoms with van der Waals surface area (Å²) in [7, 11) is 0. The van der Waals surface area contributed by atoms with Gasteiger partial charge in [-0.1, -0.05) is 115 Å². The van der Waals surface area contributed by atoms with Crippen molar-refractivity contribution in [3.05, 3.63) is 289 Å². The first-order valence-electron chi connectivity index (χ1n) is 39.3. The molecule has 0 unspecified atom stereocenters. The normalized spacial score (nSPS) is 11.0. The van der Waals surface area contributed by atoms with E-state index in [1.54, 1.807) is 6.07 Å². The second-order valence-corrected chi connectivity index (χ2v) is 30.8. The zero-order valence-electron chi connectivity index (χ0n) is 66.6. The lowest BCUT2D eigenvalue weighted by molar-refractivity contribution is 0.261. The smallest absolute Gasteiger partial charge is 0.323 e. The molecule has 612 valence electrons. The van der Waals surface area contributed by atoms with Gasteiger partial charge in [-0.25, -0.2) is 29.3 Å². The number of aromatic nitrogens is 3. The van der Waals surface area contributed by atoms with Crippen LogP contribution in [-0.4, -0.2) is 113 Å². The highest BCUT2D eigenvalue weighted by Crippen LogP contribution is 2.40. The molecule has 3 aromatic heterocycles. The Bertz CT molecular complexity index is 6040. The van der Waals surface area contributed by atoms with Gasteiger partial charge in [-0.05, 0) is 201 Å². The quantitative estimate of drug-likeness (QED) is 0.0163. The van der Waals surface area contributed by atoms with Gasteiger partial charge in [0.1, 0.15) is 0 Å². The van der Waals surface area contributed by atoms with E-state index < -0.39 is 6.03 Å². The summed E-state index contributed by atoms with van der Waals surface area (Å²) >= 11 is 35.5. The molecule has 3 heterocycles. The fourth-order valence-corrected chi connectivity index (χ4v) is 15.6. The van der Waals surface area contributed by atoms with Crippen LogP contribution in [0.15, 0.2) is 261 Å². The van der Waals surface area contributed by atoms with Crippen LogP contribution in [0.4, 0.5) is 99.7 Å². The van der Waals surface area contributed by atoms with Crippen LogP contribution in [0.2, 0.25) is 0 Å². The van der Waals surface area contributed by atoms with Crippen molar-refractivity contribution in [2.24, 2.45) is 0 Å². The predicted octanol–water partition coefficient (Wildman–Crippen LogP) is 24.9. The Balaban J connectivity index is 0.000000156. The molecular weight excluding hydrogens is 1630 g/mol. The van der Waals surface area contributed by atoms with Gasteiger partial charge in [0, 0.05) is 175 Å². The number of nitrogens with zero attached hydrogens (tertiary/aromatic N) is 6. The van der Waals surface area contributed by atoms with Crippen molar-refractivity contribution in [1.29, 1.82) is 0 Å². The summed E-state index contributed by atoms with van der Waals surface area (Å²) in [6.07, 6.45) is 0. The Kier molecular flexibility index (Phi) is 29.7. The Morgan fingerprint density at radius 1 is 0.300 bits per heavy atom. The lowest BCUT2D eigenvalue weighted by atomic mass is 10.0. The van der Waals surface area contributed by atoms with E-state index in [4.69, 9.17) is 84.6 Å². The minimum Gasteiger partial charge on any atom is -0.392 e. The predicted molar refractivity (Wildman–Crippen MR) is 510 cm³/mol.